The smallest absolute Gasteiger partial charge is 0.216 e. The lowest BCUT2D eigenvalue weighted by molar-refractivity contribution is 0.247. The molecular formula is C19H20N4OS. The maximum atomic E-state index is 10.9. The molecule has 2 N–H and O–H groups in total. The Bertz CT molecular complexity index is 900. The van der Waals surface area contributed by atoms with E-state index in [4.69, 9.17) is 12.2 Å². The molecule has 1 atom stereocenters. The predicted molar refractivity (Wildman–Crippen MR) is 101 cm³/mol. The molecule has 0 spiro atoms. The van der Waals surface area contributed by atoms with Gasteiger partial charge in [0.05, 0.1) is 0 Å². The monoisotopic (exact) mass is 352 g/mol. The van der Waals surface area contributed by atoms with Crippen molar-refractivity contribution in [2.45, 2.75) is 25.9 Å². The normalized spacial score (nSPS) is 13.0. The third-order valence-electron chi connectivity index (χ3n) is 3.84. The van der Waals surface area contributed by atoms with Gasteiger partial charge in [0.15, 0.2) is 5.82 Å². The third-order valence-corrected chi connectivity index (χ3v) is 4.11. The number of nitrogens with zero attached hydrogens (tertiary/aromatic N) is 3. The Morgan fingerprint density at radius 1 is 1.16 bits per heavy atom. The molecule has 25 heavy (non-hydrogen) atoms. The summed E-state index contributed by atoms with van der Waals surface area (Å²) in [5, 5.41) is 22.6. The molecule has 0 aliphatic heterocycles. The van der Waals surface area contributed by atoms with E-state index < -0.39 is 6.10 Å². The van der Waals surface area contributed by atoms with Gasteiger partial charge in [0.2, 0.25) is 4.77 Å². The molecule has 5 nitrogen and oxygen atoms in total. The molecule has 0 saturated heterocycles. The van der Waals surface area contributed by atoms with E-state index >= 15 is 0 Å². The van der Waals surface area contributed by atoms with Gasteiger partial charge in [-0.25, -0.2) is 0 Å². The number of benzene rings is 2. The minimum absolute atomic E-state index is 0.414. The summed E-state index contributed by atoms with van der Waals surface area (Å²) < 4.78 is 2.02. The number of hydrogen-bond donors (Lipinski definition) is 2. The van der Waals surface area contributed by atoms with E-state index in [0.717, 1.165) is 29.8 Å². The average Bonchev–Trinajstić information content (AvgIpc) is 3.00. The maximum Gasteiger partial charge on any atom is 0.216 e. The van der Waals surface area contributed by atoms with Gasteiger partial charge in [0.1, 0.15) is 11.8 Å². The van der Waals surface area contributed by atoms with Crippen molar-refractivity contribution in [3.63, 3.8) is 0 Å². The Labute approximate surface area is 151 Å². The lowest BCUT2D eigenvalue weighted by atomic mass is 9.99. The fraction of sp³-hybridized carbons (Fsp3) is 0.211. The summed E-state index contributed by atoms with van der Waals surface area (Å²) in [6.07, 6.45) is 0.812. The third kappa shape index (κ3) is 3.92. The van der Waals surface area contributed by atoms with Crippen LogP contribution in [0.15, 0.2) is 65.8 Å². The van der Waals surface area contributed by atoms with Crippen LogP contribution in [0.4, 0.5) is 0 Å². The van der Waals surface area contributed by atoms with Crippen LogP contribution in [-0.4, -0.2) is 25.7 Å². The Hall–Kier alpha value is -2.57. The van der Waals surface area contributed by atoms with Crippen LogP contribution in [-0.2, 0) is 6.42 Å². The van der Waals surface area contributed by atoms with Crippen molar-refractivity contribution in [2.75, 3.05) is 0 Å². The molecule has 1 heterocycles. The Morgan fingerprint density at radius 2 is 1.80 bits per heavy atom. The SMILES string of the molecule is CCCc1n[nH]c(=S)n1/N=C(\c1ccccc1)C(O)c1ccccc1. The summed E-state index contributed by atoms with van der Waals surface area (Å²) in [6, 6.07) is 19.1. The minimum Gasteiger partial charge on any atom is -0.382 e. The molecule has 0 radical (unpaired) electrons. The Kier molecular flexibility index (Phi) is 5.53. The largest absolute Gasteiger partial charge is 0.382 e. The maximum absolute atomic E-state index is 10.9. The van der Waals surface area contributed by atoms with Crippen LogP contribution in [0.5, 0.6) is 0 Å². The quantitative estimate of drug-likeness (QED) is 0.523. The number of rotatable bonds is 6. The highest BCUT2D eigenvalue weighted by Crippen LogP contribution is 2.20. The van der Waals surface area contributed by atoms with Gasteiger partial charge in [0, 0.05) is 12.0 Å². The summed E-state index contributed by atoms with van der Waals surface area (Å²) in [5.74, 6) is 0.751. The molecule has 0 aliphatic rings. The zero-order chi connectivity index (χ0) is 17.6. The highest BCUT2D eigenvalue weighted by atomic mass is 32.1. The number of aliphatic hydroxyl groups is 1. The second-order valence-corrected chi connectivity index (χ2v) is 6.06. The number of H-pyrrole nitrogens is 1. The summed E-state index contributed by atoms with van der Waals surface area (Å²) in [6.45, 7) is 2.07. The first-order chi connectivity index (χ1) is 12.2. The summed E-state index contributed by atoms with van der Waals surface area (Å²) in [5.41, 5.74) is 2.14. The van der Waals surface area contributed by atoms with E-state index in [2.05, 4.69) is 22.2 Å². The molecular weight excluding hydrogens is 332 g/mol. The highest BCUT2D eigenvalue weighted by molar-refractivity contribution is 7.71. The van der Waals surface area contributed by atoms with Crippen LogP contribution in [0.2, 0.25) is 0 Å². The van der Waals surface area contributed by atoms with Crippen molar-refractivity contribution in [3.05, 3.63) is 82.4 Å². The lowest BCUT2D eigenvalue weighted by Crippen LogP contribution is -2.16. The van der Waals surface area contributed by atoms with Gasteiger partial charge in [-0.05, 0) is 24.2 Å². The van der Waals surface area contributed by atoms with Gasteiger partial charge in [-0.3, -0.25) is 5.10 Å². The lowest BCUT2D eigenvalue weighted by Gasteiger charge is -2.15. The van der Waals surface area contributed by atoms with Crippen molar-refractivity contribution in [3.8, 4) is 0 Å². The summed E-state index contributed by atoms with van der Waals surface area (Å²) in [4.78, 5) is 0. The van der Waals surface area contributed by atoms with Crippen molar-refractivity contribution >= 4 is 17.9 Å². The van der Waals surface area contributed by atoms with E-state index in [1.165, 1.54) is 0 Å². The molecule has 3 aromatic rings. The summed E-state index contributed by atoms with van der Waals surface area (Å²) in [7, 11) is 0. The van der Waals surface area contributed by atoms with Crippen molar-refractivity contribution in [2.24, 2.45) is 5.10 Å². The molecule has 2 aromatic carbocycles. The molecule has 0 aliphatic carbocycles. The molecule has 0 bridgehead atoms. The van der Waals surface area contributed by atoms with Gasteiger partial charge in [-0.1, -0.05) is 67.6 Å². The first kappa shape index (κ1) is 17.3. The summed E-state index contributed by atoms with van der Waals surface area (Å²) >= 11 is 5.31. The van der Waals surface area contributed by atoms with Crippen LogP contribution < -0.4 is 0 Å². The van der Waals surface area contributed by atoms with Gasteiger partial charge in [-0.2, -0.15) is 14.9 Å². The molecule has 6 heteroatoms. The molecule has 1 aromatic heterocycles. The number of hydrogen-bond acceptors (Lipinski definition) is 4. The average molecular weight is 352 g/mol. The van der Waals surface area contributed by atoms with Gasteiger partial charge in [-0.15, -0.1) is 0 Å². The standard InChI is InChI=1S/C19H20N4OS/c1-2-9-16-20-21-19(25)23(16)22-17(14-10-5-3-6-11-14)18(24)15-12-7-4-8-13-15/h3-8,10-13,18,24H,2,9H2,1H3,(H,21,25)/b22-17+. The molecule has 1 unspecified atom stereocenters. The van der Waals surface area contributed by atoms with E-state index in [1.807, 2.05) is 60.7 Å². The van der Waals surface area contributed by atoms with E-state index in [1.54, 1.807) is 4.68 Å². The molecule has 128 valence electrons. The number of aryl methyl sites for hydroxylation is 1. The van der Waals surface area contributed by atoms with Gasteiger partial charge < -0.3 is 5.11 Å². The van der Waals surface area contributed by atoms with Crippen molar-refractivity contribution in [1.82, 2.24) is 14.9 Å². The highest BCUT2D eigenvalue weighted by Gasteiger charge is 2.18. The number of nitrogens with one attached hydrogen (secondary N) is 1. The van der Waals surface area contributed by atoms with Crippen molar-refractivity contribution < 1.29 is 5.11 Å². The Morgan fingerprint density at radius 3 is 2.44 bits per heavy atom. The predicted octanol–water partition coefficient (Wildman–Crippen LogP) is 3.88. The van der Waals surface area contributed by atoms with Crippen LogP contribution in [0.1, 0.15) is 36.4 Å². The topological polar surface area (TPSA) is 66.2 Å². The van der Waals surface area contributed by atoms with Gasteiger partial charge in [0.25, 0.3) is 0 Å². The van der Waals surface area contributed by atoms with Gasteiger partial charge >= 0.3 is 0 Å². The number of aromatic nitrogens is 3. The molecule has 0 saturated carbocycles. The fourth-order valence-corrected chi connectivity index (χ4v) is 2.78. The number of aliphatic hydroxyl groups excluding tert-OH is 1. The first-order valence-electron chi connectivity index (χ1n) is 8.24. The molecule has 3 rings (SSSR count). The van der Waals surface area contributed by atoms with Crippen LogP contribution in [0.3, 0.4) is 0 Å². The van der Waals surface area contributed by atoms with E-state index in [0.29, 0.717) is 10.5 Å². The van der Waals surface area contributed by atoms with Crippen molar-refractivity contribution in [1.29, 1.82) is 0 Å². The molecule has 0 amide bonds. The zero-order valence-corrected chi connectivity index (χ0v) is 14.8. The zero-order valence-electron chi connectivity index (χ0n) is 14.0. The second kappa shape index (κ2) is 8.00. The number of aromatic amines is 1. The fourth-order valence-electron chi connectivity index (χ4n) is 2.59. The van der Waals surface area contributed by atoms with Crippen LogP contribution in [0.25, 0.3) is 0 Å². The molecule has 0 fully saturated rings. The Balaban J connectivity index is 2.12. The van der Waals surface area contributed by atoms with Crippen LogP contribution in [0, 0.1) is 4.77 Å². The second-order valence-electron chi connectivity index (χ2n) is 5.67. The first-order valence-corrected chi connectivity index (χ1v) is 8.65. The van der Waals surface area contributed by atoms with Crippen LogP contribution >= 0.6 is 12.2 Å². The van der Waals surface area contributed by atoms with E-state index in [-0.39, 0.29) is 0 Å². The van der Waals surface area contributed by atoms with E-state index in [9.17, 15) is 5.11 Å². The minimum atomic E-state index is -0.866.